The van der Waals surface area contributed by atoms with Gasteiger partial charge in [-0.25, -0.2) is 4.98 Å². The number of carboxylic acids is 1. The molecule has 0 saturated carbocycles. The molecule has 1 heterocycles. The Labute approximate surface area is 133 Å². The molecule has 0 spiro atoms. The number of amides is 1. The fourth-order valence-electron chi connectivity index (χ4n) is 2.25. The Morgan fingerprint density at radius 2 is 1.77 bits per heavy atom. The number of carbonyl (C=O) groups is 2. The Kier molecular flexibility index (Phi) is 4.92. The number of thiazole rings is 1. The summed E-state index contributed by atoms with van der Waals surface area (Å²) in [5, 5.41) is 12.3. The summed E-state index contributed by atoms with van der Waals surface area (Å²) in [6, 6.07) is 5.86. The van der Waals surface area contributed by atoms with Crippen molar-refractivity contribution in [1.82, 2.24) is 4.98 Å². The zero-order valence-electron chi connectivity index (χ0n) is 12.8. The van der Waals surface area contributed by atoms with Crippen molar-refractivity contribution in [3.05, 3.63) is 44.9 Å². The van der Waals surface area contributed by atoms with Crippen molar-refractivity contribution in [3.63, 3.8) is 0 Å². The molecular weight excluding hydrogens is 300 g/mol. The number of aliphatic carboxylic acids is 1. The van der Waals surface area contributed by atoms with Crippen LogP contribution in [0.15, 0.2) is 18.2 Å². The molecule has 1 amide bonds. The first kappa shape index (κ1) is 16.2. The molecule has 1 aromatic carbocycles. The van der Waals surface area contributed by atoms with Gasteiger partial charge in [0.15, 0.2) is 0 Å². The molecule has 2 N–H and O–H groups in total. The molecule has 5 nitrogen and oxygen atoms in total. The normalized spacial score (nSPS) is 10.5. The molecular formula is C16H18N2O3S. The fourth-order valence-corrected chi connectivity index (χ4v) is 3.31. The summed E-state index contributed by atoms with van der Waals surface area (Å²) in [6.07, 6.45) is 0.0975. The summed E-state index contributed by atoms with van der Waals surface area (Å²) in [6.45, 7) is 5.72. The van der Waals surface area contributed by atoms with Crippen LogP contribution in [0.5, 0.6) is 0 Å². The molecule has 6 heteroatoms. The maximum Gasteiger partial charge on any atom is 0.308 e. The van der Waals surface area contributed by atoms with Crippen molar-refractivity contribution in [1.29, 1.82) is 0 Å². The van der Waals surface area contributed by atoms with Crippen LogP contribution in [0.4, 0.5) is 5.69 Å². The van der Waals surface area contributed by atoms with Crippen LogP contribution in [0, 0.1) is 20.8 Å². The van der Waals surface area contributed by atoms with E-state index in [1.54, 1.807) is 6.92 Å². The van der Waals surface area contributed by atoms with Gasteiger partial charge in [0, 0.05) is 10.6 Å². The fraction of sp³-hybridized carbons (Fsp3) is 0.312. The van der Waals surface area contributed by atoms with Crippen LogP contribution in [0.1, 0.15) is 26.7 Å². The quantitative estimate of drug-likeness (QED) is 0.888. The summed E-state index contributed by atoms with van der Waals surface area (Å²) in [5.74, 6) is -1.04. The van der Waals surface area contributed by atoms with E-state index in [2.05, 4.69) is 10.3 Å². The first-order valence-corrected chi connectivity index (χ1v) is 7.70. The molecule has 116 valence electrons. The summed E-state index contributed by atoms with van der Waals surface area (Å²) in [7, 11) is 0. The van der Waals surface area contributed by atoms with Gasteiger partial charge in [0.25, 0.3) is 0 Å². The lowest BCUT2D eigenvalue weighted by Crippen LogP contribution is -2.14. The predicted octanol–water partition coefficient (Wildman–Crippen LogP) is 2.88. The maximum atomic E-state index is 12.1. The third-order valence-electron chi connectivity index (χ3n) is 3.07. The predicted molar refractivity (Wildman–Crippen MR) is 86.4 cm³/mol. The number of carbonyl (C=O) groups excluding carboxylic acids is 1. The largest absolute Gasteiger partial charge is 0.481 e. The minimum atomic E-state index is -0.891. The number of benzene rings is 1. The molecule has 2 rings (SSSR count). The number of hydrogen-bond donors (Lipinski definition) is 2. The number of rotatable bonds is 5. The Balaban J connectivity index is 2.04. The summed E-state index contributed by atoms with van der Waals surface area (Å²) >= 11 is 1.28. The van der Waals surface area contributed by atoms with Crippen LogP contribution < -0.4 is 5.32 Å². The maximum absolute atomic E-state index is 12.1. The Bertz CT molecular complexity index is 702. The summed E-state index contributed by atoms with van der Waals surface area (Å²) < 4.78 is 0. The van der Waals surface area contributed by atoms with Crippen molar-refractivity contribution < 1.29 is 14.7 Å². The number of nitrogens with zero attached hydrogens (tertiary/aromatic N) is 1. The van der Waals surface area contributed by atoms with Gasteiger partial charge in [0.05, 0.1) is 18.5 Å². The van der Waals surface area contributed by atoms with Crippen molar-refractivity contribution in [3.8, 4) is 0 Å². The molecule has 0 bridgehead atoms. The second-order valence-electron chi connectivity index (χ2n) is 5.29. The van der Waals surface area contributed by atoms with Crippen molar-refractivity contribution >= 4 is 28.9 Å². The molecule has 0 unspecified atom stereocenters. The van der Waals surface area contributed by atoms with Crippen molar-refractivity contribution in [2.75, 3.05) is 5.32 Å². The third kappa shape index (κ3) is 4.39. The highest BCUT2D eigenvalue weighted by Crippen LogP contribution is 2.20. The van der Waals surface area contributed by atoms with Gasteiger partial charge in [-0.3, -0.25) is 9.59 Å². The average Bonchev–Trinajstić information content (AvgIpc) is 2.66. The smallest absolute Gasteiger partial charge is 0.308 e. The Hall–Kier alpha value is -2.21. The summed E-state index contributed by atoms with van der Waals surface area (Å²) in [4.78, 5) is 27.8. The number of nitrogens with one attached hydrogen (secondary N) is 1. The number of carboxylic acid groups (broad SMARTS) is 1. The van der Waals surface area contributed by atoms with E-state index >= 15 is 0 Å². The lowest BCUT2D eigenvalue weighted by atomic mass is 10.1. The lowest BCUT2D eigenvalue weighted by molar-refractivity contribution is -0.136. The van der Waals surface area contributed by atoms with Crippen LogP contribution in [0.2, 0.25) is 0 Å². The van der Waals surface area contributed by atoms with E-state index in [-0.39, 0.29) is 18.7 Å². The molecule has 0 aliphatic heterocycles. The van der Waals surface area contributed by atoms with E-state index in [1.807, 2.05) is 32.0 Å². The van der Waals surface area contributed by atoms with E-state index in [4.69, 9.17) is 5.11 Å². The van der Waals surface area contributed by atoms with Gasteiger partial charge in [-0.1, -0.05) is 6.07 Å². The van der Waals surface area contributed by atoms with Crippen LogP contribution in [0.25, 0.3) is 0 Å². The van der Waals surface area contributed by atoms with Crippen LogP contribution in [-0.2, 0) is 22.4 Å². The molecule has 0 aliphatic carbocycles. The van der Waals surface area contributed by atoms with Gasteiger partial charge in [0.2, 0.25) is 5.91 Å². The molecule has 0 atom stereocenters. The molecule has 0 fully saturated rings. The molecule has 0 saturated heterocycles. The van der Waals surface area contributed by atoms with Crippen molar-refractivity contribution in [2.45, 2.75) is 33.6 Å². The molecule has 0 aliphatic rings. The highest BCUT2D eigenvalue weighted by atomic mass is 32.1. The first-order chi connectivity index (χ1) is 10.3. The lowest BCUT2D eigenvalue weighted by Gasteiger charge is -2.06. The van der Waals surface area contributed by atoms with E-state index in [1.165, 1.54) is 11.3 Å². The third-order valence-corrected chi connectivity index (χ3v) is 4.22. The number of aryl methyl sites for hydroxylation is 3. The topological polar surface area (TPSA) is 79.3 Å². The Morgan fingerprint density at radius 1 is 1.14 bits per heavy atom. The van der Waals surface area contributed by atoms with Crippen LogP contribution in [-0.4, -0.2) is 22.0 Å². The standard InChI is InChI=1S/C16H18N2O3S/c1-9-4-10(2)6-12(5-9)18-14(19)8-15-17-11(3)13(22-15)7-16(20)21/h4-6H,7-8H2,1-3H3,(H,18,19)(H,20,21). The molecule has 22 heavy (non-hydrogen) atoms. The molecule has 0 radical (unpaired) electrons. The van der Waals surface area contributed by atoms with Crippen molar-refractivity contribution in [2.24, 2.45) is 0 Å². The van der Waals surface area contributed by atoms with E-state index in [9.17, 15) is 9.59 Å². The number of hydrogen-bond acceptors (Lipinski definition) is 4. The van der Waals surface area contributed by atoms with Gasteiger partial charge in [-0.15, -0.1) is 11.3 Å². The van der Waals surface area contributed by atoms with Gasteiger partial charge >= 0.3 is 5.97 Å². The first-order valence-electron chi connectivity index (χ1n) is 6.88. The van der Waals surface area contributed by atoms with E-state index in [0.717, 1.165) is 16.8 Å². The zero-order valence-corrected chi connectivity index (χ0v) is 13.6. The summed E-state index contributed by atoms with van der Waals surface area (Å²) in [5.41, 5.74) is 3.62. The van der Waals surface area contributed by atoms with Gasteiger partial charge in [0.1, 0.15) is 5.01 Å². The zero-order chi connectivity index (χ0) is 16.3. The van der Waals surface area contributed by atoms with Gasteiger partial charge in [-0.2, -0.15) is 0 Å². The second-order valence-corrected chi connectivity index (χ2v) is 6.46. The van der Waals surface area contributed by atoms with Crippen LogP contribution in [0.3, 0.4) is 0 Å². The number of anilines is 1. The minimum absolute atomic E-state index is 0.0534. The minimum Gasteiger partial charge on any atom is -0.481 e. The molecule has 2 aromatic rings. The highest BCUT2D eigenvalue weighted by Gasteiger charge is 2.13. The van der Waals surface area contributed by atoms with Gasteiger partial charge < -0.3 is 10.4 Å². The highest BCUT2D eigenvalue weighted by molar-refractivity contribution is 7.12. The Morgan fingerprint density at radius 3 is 2.36 bits per heavy atom. The molecule has 1 aromatic heterocycles. The van der Waals surface area contributed by atoms with E-state index in [0.29, 0.717) is 15.6 Å². The average molecular weight is 318 g/mol. The van der Waals surface area contributed by atoms with E-state index < -0.39 is 5.97 Å². The SMILES string of the molecule is Cc1cc(C)cc(NC(=O)Cc2nc(C)c(CC(=O)O)s2)c1. The van der Waals surface area contributed by atoms with Gasteiger partial charge in [-0.05, 0) is 44.0 Å². The number of aromatic nitrogens is 1. The second kappa shape index (κ2) is 6.70. The van der Waals surface area contributed by atoms with Crippen LogP contribution >= 0.6 is 11.3 Å². The monoisotopic (exact) mass is 318 g/mol.